The zero-order valence-electron chi connectivity index (χ0n) is 17.1. The van der Waals surface area contributed by atoms with Gasteiger partial charge in [-0.05, 0) is 58.3 Å². The van der Waals surface area contributed by atoms with Crippen LogP contribution < -0.4 is 0 Å². The monoisotopic (exact) mass is 457 g/mol. The molecular weight excluding hydrogens is 424 g/mol. The summed E-state index contributed by atoms with van der Waals surface area (Å²) in [4.78, 5) is 35.9. The molecule has 2 aliphatic carbocycles. The van der Waals surface area contributed by atoms with E-state index in [0.717, 1.165) is 5.57 Å². The molecule has 0 amide bonds. The maximum absolute atomic E-state index is 11.1. The van der Waals surface area contributed by atoms with E-state index in [1.807, 2.05) is 26.8 Å². The van der Waals surface area contributed by atoms with Crippen LogP contribution in [0.25, 0.3) is 0 Å². The fourth-order valence-electron chi connectivity index (χ4n) is 4.91. The van der Waals surface area contributed by atoms with Gasteiger partial charge >= 0.3 is 15.6 Å². The first-order valence-corrected chi connectivity index (χ1v) is 13.1. The summed E-state index contributed by atoms with van der Waals surface area (Å²) < 4.78 is 31.7. The Labute approximate surface area is 171 Å². The van der Waals surface area contributed by atoms with E-state index >= 15 is 0 Å². The van der Waals surface area contributed by atoms with Gasteiger partial charge in [-0.1, -0.05) is 25.5 Å². The average Bonchev–Trinajstić information content (AvgIpc) is 2.80. The highest BCUT2D eigenvalue weighted by Crippen LogP contribution is 2.54. The maximum atomic E-state index is 11.1. The van der Waals surface area contributed by atoms with Gasteiger partial charge in [0.05, 0.1) is 23.3 Å². The standard InChI is InChI=1S/C15H27NO9P2.C2H6/c1-11-10-14(6-2-12(3-7-14)24-26(18,19)20)16(17)15(11)8-4-13(5-9-15)25-27(21,22)23;1-2/h10,12-13,17H,2-9H2,1H3,(H2,18,19,20)(H2,21,22,23);1-2H3. The second-order valence-electron chi connectivity index (χ2n) is 7.87. The summed E-state index contributed by atoms with van der Waals surface area (Å²) in [5, 5.41) is 12.5. The number of hydrogen-bond acceptors (Lipinski definition) is 6. The molecule has 12 heteroatoms. The van der Waals surface area contributed by atoms with Crippen molar-refractivity contribution in [3.8, 4) is 0 Å². The van der Waals surface area contributed by atoms with Gasteiger partial charge in [0.25, 0.3) is 0 Å². The SMILES string of the molecule is CC.CC1=CC2(CCC(OP(=O)(O)O)CC2)N(O)C12CCC(OP(=O)(O)O)CC2. The molecule has 0 aromatic heterocycles. The van der Waals surface area contributed by atoms with E-state index in [4.69, 9.17) is 28.6 Å². The highest BCUT2D eigenvalue weighted by atomic mass is 31.2. The van der Waals surface area contributed by atoms with E-state index < -0.39 is 38.9 Å². The Kier molecular flexibility index (Phi) is 7.95. The molecule has 0 aromatic rings. The van der Waals surface area contributed by atoms with Gasteiger partial charge in [0.15, 0.2) is 0 Å². The Morgan fingerprint density at radius 2 is 1.28 bits per heavy atom. The Bertz CT molecular complexity index is 685. The Hall–Kier alpha value is -0.120. The van der Waals surface area contributed by atoms with E-state index in [2.05, 4.69) is 0 Å². The Morgan fingerprint density at radius 1 is 0.897 bits per heavy atom. The number of phosphoric acid groups is 2. The lowest BCUT2D eigenvalue weighted by Gasteiger charge is -2.49. The highest BCUT2D eigenvalue weighted by molar-refractivity contribution is 7.46. The fourth-order valence-corrected chi connectivity index (χ4v) is 6.11. The Morgan fingerprint density at radius 3 is 1.66 bits per heavy atom. The number of phosphoric ester groups is 2. The van der Waals surface area contributed by atoms with Gasteiger partial charge in [-0.15, -0.1) is 0 Å². The van der Waals surface area contributed by atoms with Crippen LogP contribution in [0.1, 0.15) is 72.1 Å². The van der Waals surface area contributed by atoms with Crippen LogP contribution in [0.2, 0.25) is 0 Å². The Balaban J connectivity index is 0.00000145. The van der Waals surface area contributed by atoms with Crippen LogP contribution in [0.4, 0.5) is 0 Å². The summed E-state index contributed by atoms with van der Waals surface area (Å²) in [6, 6.07) is 0. The predicted octanol–water partition coefficient (Wildman–Crippen LogP) is 3.25. The number of hydrogen-bond donors (Lipinski definition) is 5. The van der Waals surface area contributed by atoms with Gasteiger partial charge in [0.1, 0.15) is 0 Å². The molecule has 1 aliphatic heterocycles. The van der Waals surface area contributed by atoms with Crippen molar-refractivity contribution in [1.29, 1.82) is 0 Å². The molecule has 0 unspecified atom stereocenters. The molecule has 29 heavy (non-hydrogen) atoms. The average molecular weight is 457 g/mol. The third-order valence-corrected chi connectivity index (χ3v) is 7.32. The van der Waals surface area contributed by atoms with Crippen LogP contribution in [0, 0.1) is 0 Å². The smallest absolute Gasteiger partial charge is 0.312 e. The van der Waals surface area contributed by atoms with Crippen molar-refractivity contribution >= 4 is 15.6 Å². The van der Waals surface area contributed by atoms with Crippen LogP contribution >= 0.6 is 15.6 Å². The van der Waals surface area contributed by atoms with Crippen molar-refractivity contribution in [1.82, 2.24) is 5.06 Å². The van der Waals surface area contributed by atoms with Crippen molar-refractivity contribution < 1.29 is 43.0 Å². The summed E-state index contributed by atoms with van der Waals surface area (Å²) in [5.41, 5.74) is -0.185. The molecule has 1 heterocycles. The summed E-state index contributed by atoms with van der Waals surface area (Å²) in [5.74, 6) is 0. The van der Waals surface area contributed by atoms with Gasteiger partial charge < -0.3 is 24.8 Å². The van der Waals surface area contributed by atoms with Gasteiger partial charge in [-0.25, -0.2) is 9.13 Å². The van der Waals surface area contributed by atoms with Crippen LogP contribution in [0.3, 0.4) is 0 Å². The lowest BCUT2D eigenvalue weighted by Crippen LogP contribution is -2.57. The molecule has 0 bridgehead atoms. The minimum Gasteiger partial charge on any atom is -0.312 e. The normalized spacial score (nSPS) is 36.1. The first-order chi connectivity index (χ1) is 13.4. The van der Waals surface area contributed by atoms with Gasteiger partial charge in [0, 0.05) is 0 Å². The van der Waals surface area contributed by atoms with Crippen molar-refractivity contribution in [2.24, 2.45) is 0 Å². The predicted molar refractivity (Wildman–Crippen MR) is 105 cm³/mol. The maximum Gasteiger partial charge on any atom is 0.469 e. The lowest BCUT2D eigenvalue weighted by molar-refractivity contribution is -0.225. The minimum absolute atomic E-state index is 0.423. The molecule has 0 saturated heterocycles. The minimum atomic E-state index is -4.53. The van der Waals surface area contributed by atoms with E-state index in [9.17, 15) is 14.3 Å². The van der Waals surface area contributed by atoms with E-state index in [1.165, 1.54) is 5.06 Å². The molecule has 0 aromatic carbocycles. The van der Waals surface area contributed by atoms with Crippen LogP contribution in [-0.4, -0.2) is 53.1 Å². The van der Waals surface area contributed by atoms with Crippen LogP contribution in [-0.2, 0) is 18.2 Å². The largest absolute Gasteiger partial charge is 0.469 e. The first kappa shape index (κ1) is 25.1. The van der Waals surface area contributed by atoms with Crippen molar-refractivity contribution in [3.05, 3.63) is 11.6 Å². The molecule has 3 aliphatic rings. The quantitative estimate of drug-likeness (QED) is 0.313. The zero-order chi connectivity index (χ0) is 22.1. The van der Waals surface area contributed by atoms with Crippen LogP contribution in [0.15, 0.2) is 11.6 Å². The molecule has 0 atom stereocenters. The van der Waals surface area contributed by atoms with E-state index in [1.54, 1.807) is 0 Å². The summed E-state index contributed by atoms with van der Waals surface area (Å²) in [7, 11) is -9.06. The number of nitrogens with zero attached hydrogens (tertiary/aromatic N) is 1. The molecule has 3 rings (SSSR count). The number of hydroxylamine groups is 2. The lowest BCUT2D eigenvalue weighted by atomic mass is 9.76. The second kappa shape index (κ2) is 9.17. The van der Waals surface area contributed by atoms with Crippen molar-refractivity contribution in [3.63, 3.8) is 0 Å². The summed E-state index contributed by atoms with van der Waals surface area (Å²) >= 11 is 0. The van der Waals surface area contributed by atoms with Gasteiger partial charge in [-0.3, -0.25) is 9.05 Å². The molecule has 2 spiro atoms. The second-order valence-corrected chi connectivity index (χ2v) is 10.2. The molecule has 2 fully saturated rings. The number of rotatable bonds is 4. The first-order valence-electron chi connectivity index (χ1n) is 10.0. The van der Waals surface area contributed by atoms with Gasteiger partial charge in [0.2, 0.25) is 0 Å². The summed E-state index contributed by atoms with van der Waals surface area (Å²) in [6.45, 7) is 5.94. The van der Waals surface area contributed by atoms with Crippen LogP contribution in [0.5, 0.6) is 0 Å². The topological polar surface area (TPSA) is 157 Å². The molecular formula is C17H33NO9P2. The molecule has 2 saturated carbocycles. The third-order valence-electron chi connectivity index (χ3n) is 6.18. The molecule has 5 N–H and O–H groups in total. The zero-order valence-corrected chi connectivity index (χ0v) is 18.9. The summed E-state index contributed by atoms with van der Waals surface area (Å²) in [6.07, 6.45) is 4.69. The van der Waals surface area contributed by atoms with E-state index in [-0.39, 0.29) is 0 Å². The fraction of sp³-hybridized carbons (Fsp3) is 0.882. The van der Waals surface area contributed by atoms with Crippen molar-refractivity contribution in [2.75, 3.05) is 0 Å². The molecule has 10 nitrogen and oxygen atoms in total. The third kappa shape index (κ3) is 5.77. The molecule has 170 valence electrons. The molecule has 0 radical (unpaired) electrons. The van der Waals surface area contributed by atoms with Crippen molar-refractivity contribution in [2.45, 2.75) is 95.4 Å². The van der Waals surface area contributed by atoms with Gasteiger partial charge in [-0.2, -0.15) is 5.06 Å². The van der Waals surface area contributed by atoms with E-state index in [0.29, 0.717) is 51.4 Å². The highest BCUT2D eigenvalue weighted by Gasteiger charge is 2.56.